The zero-order valence-electron chi connectivity index (χ0n) is 17.9. The number of aromatic amines is 1. The molecule has 7 heteroatoms. The molecule has 0 aliphatic carbocycles. The summed E-state index contributed by atoms with van der Waals surface area (Å²) in [4.78, 5) is 10.2. The number of ether oxygens (including phenoxy) is 1. The monoisotopic (exact) mass is 401 g/mol. The van der Waals surface area contributed by atoms with Crippen LogP contribution in [0.3, 0.4) is 0 Å². The number of nitrogens with one attached hydrogen (secondary N) is 3. The summed E-state index contributed by atoms with van der Waals surface area (Å²) in [5.74, 6) is 0.741. The van der Waals surface area contributed by atoms with Crippen LogP contribution in [-0.4, -0.2) is 79.0 Å². The Bertz CT molecular complexity index is 809. The van der Waals surface area contributed by atoms with Crippen LogP contribution in [0.4, 0.5) is 0 Å². The van der Waals surface area contributed by atoms with Crippen LogP contribution in [0, 0.1) is 6.92 Å². The fraction of sp³-hybridized carbons (Fsp3) is 0.591. The molecule has 1 saturated heterocycles. The molecular weight excluding hydrogens is 366 g/mol. The Morgan fingerprint density at radius 2 is 2.10 bits per heavy atom. The van der Waals surface area contributed by atoms with Crippen LogP contribution in [0.5, 0.6) is 0 Å². The average molecular weight is 402 g/mol. The first kappa shape index (κ1) is 21.6. The number of hydrogen-bond donors (Lipinski definition) is 4. The largest absolute Gasteiger partial charge is 0.387 e. The number of hydrogen-bond acceptors (Lipinski definition) is 4. The molecule has 1 atom stereocenters. The summed E-state index contributed by atoms with van der Waals surface area (Å²) in [5.41, 5.74) is 2.87. The first-order valence-electron chi connectivity index (χ1n) is 10.6. The zero-order valence-corrected chi connectivity index (χ0v) is 17.9. The highest BCUT2D eigenvalue weighted by Gasteiger charge is 2.25. The van der Waals surface area contributed by atoms with Crippen LogP contribution in [0.15, 0.2) is 29.4 Å². The number of morpholine rings is 1. The third kappa shape index (κ3) is 6.45. The van der Waals surface area contributed by atoms with Gasteiger partial charge in [0.05, 0.1) is 25.4 Å². The highest BCUT2D eigenvalue weighted by molar-refractivity contribution is 5.84. The van der Waals surface area contributed by atoms with E-state index in [0.717, 1.165) is 51.8 Å². The number of guanidine groups is 1. The van der Waals surface area contributed by atoms with E-state index in [1.807, 2.05) is 13.8 Å². The maximum Gasteiger partial charge on any atom is 0.191 e. The Morgan fingerprint density at radius 1 is 1.31 bits per heavy atom. The Kier molecular flexibility index (Phi) is 7.52. The summed E-state index contributed by atoms with van der Waals surface area (Å²) in [7, 11) is 0. The summed E-state index contributed by atoms with van der Waals surface area (Å²) in [6.45, 7) is 11.7. The van der Waals surface area contributed by atoms with Crippen molar-refractivity contribution < 1.29 is 9.84 Å². The Balaban J connectivity index is 1.53. The number of benzene rings is 1. The predicted octanol–water partition coefficient (Wildman–Crippen LogP) is 1.66. The van der Waals surface area contributed by atoms with Crippen molar-refractivity contribution in [1.29, 1.82) is 0 Å². The van der Waals surface area contributed by atoms with Crippen LogP contribution in [0.25, 0.3) is 10.9 Å². The first-order chi connectivity index (χ1) is 14.0. The van der Waals surface area contributed by atoms with E-state index in [2.05, 4.69) is 56.8 Å². The van der Waals surface area contributed by atoms with Crippen molar-refractivity contribution in [2.75, 3.05) is 52.5 Å². The molecule has 1 aliphatic rings. The molecule has 1 unspecified atom stereocenters. The molecule has 0 saturated carbocycles. The summed E-state index contributed by atoms with van der Waals surface area (Å²) >= 11 is 0. The van der Waals surface area contributed by atoms with E-state index in [1.165, 1.54) is 22.0 Å². The van der Waals surface area contributed by atoms with Gasteiger partial charge >= 0.3 is 0 Å². The van der Waals surface area contributed by atoms with Crippen LogP contribution >= 0.6 is 0 Å². The third-order valence-electron chi connectivity index (χ3n) is 5.20. The zero-order chi connectivity index (χ0) is 20.7. The van der Waals surface area contributed by atoms with E-state index >= 15 is 0 Å². The van der Waals surface area contributed by atoms with E-state index in [0.29, 0.717) is 13.1 Å². The molecule has 0 amide bonds. The number of aliphatic hydroxyl groups is 1. The van der Waals surface area contributed by atoms with Crippen molar-refractivity contribution in [1.82, 2.24) is 20.5 Å². The summed E-state index contributed by atoms with van der Waals surface area (Å²) < 4.78 is 5.38. The molecule has 0 spiro atoms. The van der Waals surface area contributed by atoms with Gasteiger partial charge in [-0.15, -0.1) is 0 Å². The van der Waals surface area contributed by atoms with Gasteiger partial charge in [-0.1, -0.05) is 12.1 Å². The molecule has 0 radical (unpaired) electrons. The first-order valence-corrected chi connectivity index (χ1v) is 10.6. The maximum absolute atomic E-state index is 10.8. The molecule has 2 heterocycles. The smallest absolute Gasteiger partial charge is 0.191 e. The second-order valence-corrected chi connectivity index (χ2v) is 8.12. The van der Waals surface area contributed by atoms with Gasteiger partial charge in [-0.05, 0) is 44.4 Å². The SMILES string of the molecule is CCNC(=NCC(C)(O)CN1CCOCC1)NCCc1c[nH]c2cc(C)ccc12. The van der Waals surface area contributed by atoms with Gasteiger partial charge in [0.25, 0.3) is 0 Å². The van der Waals surface area contributed by atoms with Gasteiger partial charge in [0, 0.05) is 49.8 Å². The molecule has 29 heavy (non-hydrogen) atoms. The van der Waals surface area contributed by atoms with Crippen molar-refractivity contribution in [2.45, 2.75) is 32.8 Å². The van der Waals surface area contributed by atoms with Crippen molar-refractivity contribution >= 4 is 16.9 Å². The van der Waals surface area contributed by atoms with Gasteiger partial charge in [0.1, 0.15) is 0 Å². The lowest BCUT2D eigenvalue weighted by atomic mass is 10.1. The number of fused-ring (bicyclic) bond motifs is 1. The van der Waals surface area contributed by atoms with Crippen LogP contribution in [0.2, 0.25) is 0 Å². The number of rotatable bonds is 8. The highest BCUT2D eigenvalue weighted by Crippen LogP contribution is 2.19. The maximum atomic E-state index is 10.8. The number of aliphatic imine (C=N–C) groups is 1. The lowest BCUT2D eigenvalue weighted by Crippen LogP contribution is -2.48. The topological polar surface area (TPSA) is 84.9 Å². The quantitative estimate of drug-likeness (QED) is 0.399. The summed E-state index contributed by atoms with van der Waals surface area (Å²) in [6.07, 6.45) is 2.99. The van der Waals surface area contributed by atoms with Gasteiger partial charge in [-0.3, -0.25) is 9.89 Å². The standard InChI is InChI=1S/C22H35N5O2/c1-4-23-21(26-15-22(3,28)16-27-9-11-29-12-10-27)24-8-7-18-14-25-20-13-17(2)5-6-19(18)20/h5-6,13-14,25,28H,4,7-12,15-16H2,1-3H3,(H2,23,24,26). The number of H-pyrrole nitrogens is 1. The Morgan fingerprint density at radius 3 is 2.86 bits per heavy atom. The molecule has 7 nitrogen and oxygen atoms in total. The molecule has 4 N–H and O–H groups in total. The van der Waals surface area contributed by atoms with Crippen LogP contribution < -0.4 is 10.6 Å². The van der Waals surface area contributed by atoms with Crippen molar-refractivity contribution in [3.8, 4) is 0 Å². The minimum Gasteiger partial charge on any atom is -0.387 e. The number of nitrogens with zero attached hydrogens (tertiary/aromatic N) is 2. The Labute approximate surface area is 173 Å². The van der Waals surface area contributed by atoms with Crippen LogP contribution in [-0.2, 0) is 11.2 Å². The second kappa shape index (κ2) is 10.1. The van der Waals surface area contributed by atoms with Gasteiger partial charge < -0.3 is 25.5 Å². The average Bonchev–Trinajstić information content (AvgIpc) is 3.08. The molecule has 1 aromatic heterocycles. The minimum absolute atomic E-state index is 0.353. The van der Waals surface area contributed by atoms with E-state index in [1.54, 1.807) is 0 Å². The fourth-order valence-corrected chi connectivity index (χ4v) is 3.70. The van der Waals surface area contributed by atoms with E-state index < -0.39 is 5.60 Å². The van der Waals surface area contributed by atoms with Gasteiger partial charge in [0.15, 0.2) is 5.96 Å². The third-order valence-corrected chi connectivity index (χ3v) is 5.20. The number of aromatic nitrogens is 1. The van der Waals surface area contributed by atoms with E-state index in [9.17, 15) is 5.11 Å². The molecular formula is C22H35N5O2. The van der Waals surface area contributed by atoms with Crippen LogP contribution in [0.1, 0.15) is 25.0 Å². The molecule has 3 rings (SSSR count). The van der Waals surface area contributed by atoms with E-state index in [4.69, 9.17) is 4.74 Å². The molecule has 0 bridgehead atoms. The molecule has 2 aromatic rings. The lowest BCUT2D eigenvalue weighted by Gasteiger charge is -2.33. The number of β-amino-alcohol motifs (C(OH)–C–C–N with tert-alkyl or cyclic N) is 1. The minimum atomic E-state index is -0.867. The van der Waals surface area contributed by atoms with Gasteiger partial charge in [-0.2, -0.15) is 0 Å². The summed E-state index contributed by atoms with van der Waals surface area (Å²) in [6, 6.07) is 6.50. The van der Waals surface area contributed by atoms with Gasteiger partial charge in [-0.25, -0.2) is 0 Å². The molecule has 1 fully saturated rings. The summed E-state index contributed by atoms with van der Waals surface area (Å²) in [5, 5.41) is 18.7. The van der Waals surface area contributed by atoms with Crippen molar-refractivity contribution in [2.24, 2.45) is 4.99 Å². The Hall–Kier alpha value is -2.09. The lowest BCUT2D eigenvalue weighted by molar-refractivity contribution is -0.0179. The van der Waals surface area contributed by atoms with Crippen molar-refractivity contribution in [3.63, 3.8) is 0 Å². The highest BCUT2D eigenvalue weighted by atomic mass is 16.5. The van der Waals surface area contributed by atoms with E-state index in [-0.39, 0.29) is 0 Å². The second-order valence-electron chi connectivity index (χ2n) is 8.12. The molecule has 1 aliphatic heterocycles. The van der Waals surface area contributed by atoms with Gasteiger partial charge in [0.2, 0.25) is 0 Å². The predicted molar refractivity (Wildman–Crippen MR) is 119 cm³/mol. The van der Waals surface area contributed by atoms with Crippen molar-refractivity contribution in [3.05, 3.63) is 35.5 Å². The number of aryl methyl sites for hydroxylation is 1. The molecule has 160 valence electrons. The molecule has 1 aromatic carbocycles. The normalized spacial score (nSPS) is 18.0. The fourth-order valence-electron chi connectivity index (χ4n) is 3.70.